The van der Waals surface area contributed by atoms with E-state index in [-0.39, 0.29) is 16.4 Å². The summed E-state index contributed by atoms with van der Waals surface area (Å²) in [6, 6.07) is 5.28. The number of rotatable bonds is 1. The Balaban J connectivity index is 3.32. The molecule has 0 aliphatic heterocycles. The van der Waals surface area contributed by atoms with Crippen LogP contribution in [0.15, 0.2) is 12.1 Å². The Morgan fingerprint density at radius 2 is 2.36 bits per heavy atom. The molecule has 11 heavy (non-hydrogen) atoms. The smallest absolute Gasteiger partial charge is 0.311 e. The van der Waals surface area contributed by atoms with E-state index in [0.29, 0.717) is 0 Å². The van der Waals surface area contributed by atoms with Crippen molar-refractivity contribution in [3.05, 3.63) is 33.3 Å². The molecule has 0 atom stereocenters. The van der Waals surface area contributed by atoms with Gasteiger partial charge in [0.2, 0.25) is 0 Å². The number of hydrogen-bond donors (Lipinski definition) is 1. The summed E-state index contributed by atoms with van der Waals surface area (Å²) < 4.78 is 0. The minimum absolute atomic E-state index is 0.0544. The quantitative estimate of drug-likeness (QED) is 0.397. The lowest BCUT2D eigenvalue weighted by Gasteiger charge is -1.96. The molecule has 1 aromatic rings. The molecule has 0 spiro atoms. The van der Waals surface area contributed by atoms with Gasteiger partial charge in [-0.3, -0.25) is 10.1 Å². The van der Waals surface area contributed by atoms with Crippen molar-refractivity contribution in [3.8, 4) is 0 Å². The molecular weight excluding hydrogens is 168 g/mol. The van der Waals surface area contributed by atoms with E-state index in [0.717, 1.165) is 0 Å². The van der Waals surface area contributed by atoms with Crippen LogP contribution >= 0.6 is 11.6 Å². The molecule has 0 fully saturated rings. The SMILES string of the molecule is Nc1cc[c]c(Cl)c1[N+](=O)[O-]. The number of nitro benzene ring substituents is 1. The van der Waals surface area contributed by atoms with E-state index in [9.17, 15) is 10.1 Å². The topological polar surface area (TPSA) is 69.2 Å². The molecule has 0 saturated heterocycles. The lowest BCUT2D eigenvalue weighted by Crippen LogP contribution is -1.95. The van der Waals surface area contributed by atoms with Gasteiger partial charge in [0.25, 0.3) is 0 Å². The molecule has 0 bridgehead atoms. The van der Waals surface area contributed by atoms with Crippen LogP contribution < -0.4 is 5.73 Å². The minimum Gasteiger partial charge on any atom is -0.393 e. The highest BCUT2D eigenvalue weighted by Gasteiger charge is 2.15. The third kappa shape index (κ3) is 1.40. The molecule has 0 heterocycles. The monoisotopic (exact) mass is 171 g/mol. The Labute approximate surface area is 67.7 Å². The summed E-state index contributed by atoms with van der Waals surface area (Å²) in [6.07, 6.45) is 0. The van der Waals surface area contributed by atoms with Gasteiger partial charge in [-0.2, -0.15) is 0 Å². The molecule has 0 unspecified atom stereocenters. The number of halogens is 1. The second-order valence-corrected chi connectivity index (χ2v) is 2.23. The minimum atomic E-state index is -0.631. The third-order valence-corrected chi connectivity index (χ3v) is 1.42. The first-order valence-corrected chi connectivity index (χ1v) is 3.11. The van der Waals surface area contributed by atoms with Crippen LogP contribution in [-0.4, -0.2) is 4.92 Å². The third-order valence-electron chi connectivity index (χ3n) is 1.14. The molecule has 0 amide bonds. The Hall–Kier alpha value is -1.29. The van der Waals surface area contributed by atoms with Crippen LogP contribution in [-0.2, 0) is 0 Å². The fraction of sp³-hybridized carbons (Fsp3) is 0. The standard InChI is InChI=1S/C6H4ClN2O2/c7-4-2-1-3-5(8)6(4)9(10)11/h1,3H,8H2. The van der Waals surface area contributed by atoms with Crippen molar-refractivity contribution >= 4 is 23.0 Å². The first-order chi connectivity index (χ1) is 5.13. The predicted molar refractivity (Wildman–Crippen MR) is 41.4 cm³/mol. The van der Waals surface area contributed by atoms with Crippen LogP contribution in [0, 0.1) is 16.2 Å². The Bertz CT molecular complexity index is 280. The van der Waals surface area contributed by atoms with Gasteiger partial charge in [0.05, 0.1) is 4.92 Å². The maximum absolute atomic E-state index is 10.3. The molecule has 1 radical (unpaired) electrons. The summed E-state index contributed by atoms with van der Waals surface area (Å²) in [7, 11) is 0. The maximum Gasteiger partial charge on any atom is 0.311 e. The highest BCUT2D eigenvalue weighted by atomic mass is 35.5. The molecule has 0 aromatic heterocycles. The number of nitrogens with zero attached hydrogens (tertiary/aromatic N) is 1. The van der Waals surface area contributed by atoms with Gasteiger partial charge >= 0.3 is 5.69 Å². The zero-order valence-corrected chi connectivity index (χ0v) is 6.13. The summed E-state index contributed by atoms with van der Waals surface area (Å²) >= 11 is 5.45. The summed E-state index contributed by atoms with van der Waals surface area (Å²) in [5.74, 6) is 0. The van der Waals surface area contributed by atoms with E-state index in [1.54, 1.807) is 0 Å². The van der Waals surface area contributed by atoms with Crippen molar-refractivity contribution in [1.29, 1.82) is 0 Å². The molecule has 0 aliphatic rings. The van der Waals surface area contributed by atoms with Gasteiger partial charge in [-0.05, 0) is 6.07 Å². The second-order valence-electron chi connectivity index (χ2n) is 1.85. The average molecular weight is 172 g/mol. The fourth-order valence-corrected chi connectivity index (χ4v) is 0.905. The van der Waals surface area contributed by atoms with E-state index in [2.05, 4.69) is 6.07 Å². The van der Waals surface area contributed by atoms with Gasteiger partial charge in [-0.25, -0.2) is 0 Å². The molecule has 2 N–H and O–H groups in total. The maximum atomic E-state index is 10.3. The van der Waals surface area contributed by atoms with Gasteiger partial charge in [0, 0.05) is 6.07 Å². The number of benzene rings is 1. The van der Waals surface area contributed by atoms with Crippen LogP contribution in [0.3, 0.4) is 0 Å². The first-order valence-electron chi connectivity index (χ1n) is 2.73. The fourth-order valence-electron chi connectivity index (χ4n) is 0.664. The van der Waals surface area contributed by atoms with Crippen molar-refractivity contribution in [2.45, 2.75) is 0 Å². The first kappa shape index (κ1) is 7.81. The van der Waals surface area contributed by atoms with Crippen molar-refractivity contribution < 1.29 is 4.92 Å². The van der Waals surface area contributed by atoms with Gasteiger partial charge in [0.15, 0.2) is 0 Å². The van der Waals surface area contributed by atoms with Crippen LogP contribution in [0.1, 0.15) is 0 Å². The van der Waals surface area contributed by atoms with E-state index in [1.807, 2.05) is 0 Å². The average Bonchev–Trinajstić information content (AvgIpc) is 1.85. The van der Waals surface area contributed by atoms with Crippen LogP contribution in [0.5, 0.6) is 0 Å². The Morgan fingerprint density at radius 1 is 1.73 bits per heavy atom. The van der Waals surface area contributed by atoms with E-state index >= 15 is 0 Å². The summed E-state index contributed by atoms with van der Waals surface area (Å²) in [6.45, 7) is 0. The lowest BCUT2D eigenvalue weighted by atomic mass is 10.3. The van der Waals surface area contributed by atoms with Gasteiger partial charge in [-0.15, -0.1) is 0 Å². The second kappa shape index (κ2) is 2.75. The lowest BCUT2D eigenvalue weighted by molar-refractivity contribution is -0.383. The molecule has 0 saturated carbocycles. The molecule has 57 valence electrons. The number of nitrogen functional groups attached to an aromatic ring is 1. The molecule has 4 nitrogen and oxygen atoms in total. The van der Waals surface area contributed by atoms with E-state index in [4.69, 9.17) is 17.3 Å². The van der Waals surface area contributed by atoms with Gasteiger partial charge < -0.3 is 5.73 Å². The zero-order valence-electron chi connectivity index (χ0n) is 5.37. The highest BCUT2D eigenvalue weighted by Crippen LogP contribution is 2.28. The van der Waals surface area contributed by atoms with Crippen molar-refractivity contribution in [2.24, 2.45) is 0 Å². The highest BCUT2D eigenvalue weighted by molar-refractivity contribution is 6.33. The van der Waals surface area contributed by atoms with Crippen LogP contribution in [0.4, 0.5) is 11.4 Å². The van der Waals surface area contributed by atoms with Crippen molar-refractivity contribution in [3.63, 3.8) is 0 Å². The Kier molecular flexibility index (Phi) is 1.96. The van der Waals surface area contributed by atoms with E-state index < -0.39 is 4.92 Å². The van der Waals surface area contributed by atoms with Gasteiger partial charge in [0.1, 0.15) is 10.7 Å². The number of nitrogens with two attached hydrogens (primary N) is 1. The molecule has 0 aliphatic carbocycles. The number of nitro groups is 1. The summed E-state index contributed by atoms with van der Waals surface area (Å²) in [5.41, 5.74) is 5.05. The van der Waals surface area contributed by atoms with E-state index in [1.165, 1.54) is 12.1 Å². The van der Waals surface area contributed by atoms with Crippen molar-refractivity contribution in [2.75, 3.05) is 5.73 Å². The Morgan fingerprint density at radius 3 is 2.73 bits per heavy atom. The zero-order chi connectivity index (χ0) is 8.43. The summed E-state index contributed by atoms with van der Waals surface area (Å²) in [5, 5.41) is 10.2. The molecule has 1 rings (SSSR count). The van der Waals surface area contributed by atoms with Crippen molar-refractivity contribution in [1.82, 2.24) is 0 Å². The summed E-state index contributed by atoms with van der Waals surface area (Å²) in [4.78, 5) is 9.63. The van der Waals surface area contributed by atoms with Crippen LogP contribution in [0.25, 0.3) is 0 Å². The normalized spacial score (nSPS) is 9.55. The molecule has 5 heteroatoms. The van der Waals surface area contributed by atoms with Gasteiger partial charge in [-0.1, -0.05) is 17.7 Å². The predicted octanol–water partition coefficient (Wildman–Crippen LogP) is 1.63. The largest absolute Gasteiger partial charge is 0.393 e. The number of hydrogen-bond acceptors (Lipinski definition) is 3. The van der Waals surface area contributed by atoms with Crippen LogP contribution in [0.2, 0.25) is 5.02 Å². The number of anilines is 1. The molecular formula is C6H4ClN2O2. The molecule has 1 aromatic carbocycles.